The molecule has 0 bridgehead atoms. The van der Waals surface area contributed by atoms with Gasteiger partial charge in [-0.1, -0.05) is 0 Å². The van der Waals surface area contributed by atoms with Crippen molar-refractivity contribution in [3.8, 4) is 0 Å². The number of alkyl halides is 3. The van der Waals surface area contributed by atoms with E-state index >= 15 is 0 Å². The van der Waals surface area contributed by atoms with Gasteiger partial charge in [-0.2, -0.15) is 13.2 Å². The average Bonchev–Trinajstić information content (AvgIpc) is 2.12. The number of amides is 1. The summed E-state index contributed by atoms with van der Waals surface area (Å²) in [6.45, 7) is 3.49. The molecule has 1 fully saturated rings. The molecule has 1 aliphatic rings. The van der Waals surface area contributed by atoms with Crippen molar-refractivity contribution in [2.45, 2.75) is 32.4 Å². The maximum absolute atomic E-state index is 11.8. The molecule has 2 N–H and O–H groups in total. The van der Waals surface area contributed by atoms with Gasteiger partial charge in [0.25, 0.3) is 0 Å². The Kier molecular flexibility index (Phi) is 4.99. The second-order valence-corrected chi connectivity index (χ2v) is 4.16. The summed E-state index contributed by atoms with van der Waals surface area (Å²) in [4.78, 5) is 11.5. The van der Waals surface area contributed by atoms with Gasteiger partial charge < -0.3 is 10.6 Å². The van der Waals surface area contributed by atoms with Crippen molar-refractivity contribution in [2.75, 3.05) is 19.6 Å². The first-order valence-electron chi connectivity index (χ1n) is 5.64. The van der Waals surface area contributed by atoms with Gasteiger partial charge in [0.05, 0.1) is 0 Å². The van der Waals surface area contributed by atoms with E-state index in [4.69, 9.17) is 0 Å². The second kappa shape index (κ2) is 6.05. The SMILES string of the molecule is CC(C(=O)NCCCCC(F)(F)F)=C1CNC1. The van der Waals surface area contributed by atoms with Crippen LogP contribution in [0.5, 0.6) is 0 Å². The molecule has 3 nitrogen and oxygen atoms in total. The minimum atomic E-state index is -4.10. The Labute approximate surface area is 98.5 Å². The van der Waals surface area contributed by atoms with Gasteiger partial charge in [-0.15, -0.1) is 0 Å². The molecule has 1 saturated heterocycles. The monoisotopic (exact) mass is 250 g/mol. The van der Waals surface area contributed by atoms with Crippen LogP contribution in [0.2, 0.25) is 0 Å². The van der Waals surface area contributed by atoms with Gasteiger partial charge in [-0.3, -0.25) is 4.79 Å². The molecule has 17 heavy (non-hydrogen) atoms. The van der Waals surface area contributed by atoms with Crippen LogP contribution in [-0.4, -0.2) is 31.7 Å². The predicted octanol–water partition coefficient (Wildman–Crippen LogP) is 1.75. The number of carbonyl (C=O) groups is 1. The topological polar surface area (TPSA) is 41.1 Å². The number of halogens is 3. The van der Waals surface area contributed by atoms with Crippen molar-refractivity contribution < 1.29 is 18.0 Å². The van der Waals surface area contributed by atoms with E-state index in [1.54, 1.807) is 6.92 Å². The van der Waals surface area contributed by atoms with Crippen LogP contribution in [0.3, 0.4) is 0 Å². The smallest absolute Gasteiger partial charge is 0.352 e. The molecule has 1 amide bonds. The Morgan fingerprint density at radius 2 is 2.00 bits per heavy atom. The molecule has 0 radical (unpaired) electrons. The maximum atomic E-state index is 11.8. The number of carbonyl (C=O) groups excluding carboxylic acids is 1. The highest BCUT2D eigenvalue weighted by Crippen LogP contribution is 2.21. The summed E-state index contributed by atoms with van der Waals surface area (Å²) < 4.78 is 35.5. The normalized spacial score (nSPS) is 15.4. The highest BCUT2D eigenvalue weighted by molar-refractivity contribution is 5.93. The van der Waals surface area contributed by atoms with Crippen molar-refractivity contribution in [3.63, 3.8) is 0 Å². The van der Waals surface area contributed by atoms with Gasteiger partial charge in [-0.25, -0.2) is 0 Å². The Morgan fingerprint density at radius 1 is 1.35 bits per heavy atom. The average molecular weight is 250 g/mol. The van der Waals surface area contributed by atoms with E-state index in [0.717, 1.165) is 18.7 Å². The second-order valence-electron chi connectivity index (χ2n) is 4.16. The van der Waals surface area contributed by atoms with Crippen molar-refractivity contribution >= 4 is 5.91 Å². The number of hydrogen-bond donors (Lipinski definition) is 2. The summed E-state index contributed by atoms with van der Waals surface area (Å²) in [7, 11) is 0. The molecule has 1 rings (SSSR count). The molecule has 0 spiro atoms. The van der Waals surface area contributed by atoms with Crippen LogP contribution in [-0.2, 0) is 4.79 Å². The van der Waals surface area contributed by atoms with Crippen LogP contribution >= 0.6 is 0 Å². The minimum absolute atomic E-state index is 0.0565. The van der Waals surface area contributed by atoms with Crippen LogP contribution in [0.1, 0.15) is 26.2 Å². The minimum Gasteiger partial charge on any atom is -0.352 e. The predicted molar refractivity (Wildman–Crippen MR) is 58.5 cm³/mol. The molecule has 0 aliphatic carbocycles. The molecule has 0 atom stereocenters. The van der Waals surface area contributed by atoms with Gasteiger partial charge in [0.15, 0.2) is 0 Å². The molecule has 6 heteroatoms. The third-order valence-electron chi connectivity index (χ3n) is 2.72. The van der Waals surface area contributed by atoms with Gasteiger partial charge in [0.1, 0.15) is 0 Å². The summed E-state index contributed by atoms with van der Waals surface area (Å²) in [6.07, 6.45) is -4.47. The fourth-order valence-corrected chi connectivity index (χ4v) is 1.46. The summed E-state index contributed by atoms with van der Waals surface area (Å²) in [6, 6.07) is 0. The van der Waals surface area contributed by atoms with Crippen LogP contribution in [0.15, 0.2) is 11.1 Å². The van der Waals surface area contributed by atoms with Gasteiger partial charge in [0.2, 0.25) is 5.91 Å². The lowest BCUT2D eigenvalue weighted by Gasteiger charge is -2.21. The number of hydrogen-bond acceptors (Lipinski definition) is 2. The lowest BCUT2D eigenvalue weighted by Crippen LogP contribution is -2.37. The van der Waals surface area contributed by atoms with E-state index in [1.165, 1.54) is 0 Å². The molecule has 0 aromatic rings. The first-order valence-corrected chi connectivity index (χ1v) is 5.64. The van der Waals surface area contributed by atoms with E-state index in [1.807, 2.05) is 0 Å². The van der Waals surface area contributed by atoms with Crippen LogP contribution < -0.4 is 10.6 Å². The van der Waals surface area contributed by atoms with Crippen molar-refractivity contribution in [1.29, 1.82) is 0 Å². The Morgan fingerprint density at radius 3 is 2.47 bits per heavy atom. The molecule has 0 unspecified atom stereocenters. The highest BCUT2D eigenvalue weighted by Gasteiger charge is 2.25. The number of nitrogens with one attached hydrogen (secondary N) is 2. The Hall–Kier alpha value is -1.04. The lowest BCUT2D eigenvalue weighted by molar-refractivity contribution is -0.135. The quantitative estimate of drug-likeness (QED) is 0.576. The maximum Gasteiger partial charge on any atom is 0.389 e. The molecule has 1 heterocycles. The van der Waals surface area contributed by atoms with E-state index in [2.05, 4.69) is 10.6 Å². The van der Waals surface area contributed by atoms with E-state index < -0.39 is 12.6 Å². The fraction of sp³-hybridized carbons (Fsp3) is 0.727. The Bertz CT molecular complexity index is 304. The van der Waals surface area contributed by atoms with Crippen LogP contribution in [0, 0.1) is 0 Å². The molecule has 98 valence electrons. The lowest BCUT2D eigenvalue weighted by atomic mass is 10.0. The van der Waals surface area contributed by atoms with E-state index in [9.17, 15) is 18.0 Å². The van der Waals surface area contributed by atoms with E-state index in [-0.39, 0.29) is 12.3 Å². The molecule has 0 aromatic heterocycles. The van der Waals surface area contributed by atoms with Gasteiger partial charge in [0, 0.05) is 31.6 Å². The van der Waals surface area contributed by atoms with Crippen molar-refractivity contribution in [1.82, 2.24) is 10.6 Å². The largest absolute Gasteiger partial charge is 0.389 e. The van der Waals surface area contributed by atoms with Crippen LogP contribution in [0.4, 0.5) is 13.2 Å². The summed E-state index contributed by atoms with van der Waals surface area (Å²) in [5.41, 5.74) is 1.75. The van der Waals surface area contributed by atoms with E-state index in [0.29, 0.717) is 18.5 Å². The highest BCUT2D eigenvalue weighted by atomic mass is 19.4. The zero-order chi connectivity index (χ0) is 12.9. The molecular formula is C11H17F3N2O. The zero-order valence-electron chi connectivity index (χ0n) is 9.78. The Balaban J connectivity index is 2.12. The first-order chi connectivity index (χ1) is 7.90. The van der Waals surface area contributed by atoms with Crippen molar-refractivity contribution in [3.05, 3.63) is 11.1 Å². The van der Waals surface area contributed by atoms with Crippen molar-refractivity contribution in [2.24, 2.45) is 0 Å². The molecule has 0 saturated carbocycles. The third kappa shape index (κ3) is 5.21. The van der Waals surface area contributed by atoms with Gasteiger partial charge >= 0.3 is 6.18 Å². The number of rotatable bonds is 5. The molecular weight excluding hydrogens is 233 g/mol. The summed E-state index contributed by atoms with van der Waals surface area (Å²) in [5.74, 6) is -0.173. The fourth-order valence-electron chi connectivity index (χ4n) is 1.46. The molecule has 0 aromatic carbocycles. The standard InChI is InChI=1S/C11H17F3N2O/c1-8(9-6-15-7-9)10(17)16-5-3-2-4-11(12,13)14/h15H,2-7H2,1H3,(H,16,17). The molecule has 1 aliphatic heterocycles. The number of unbranched alkanes of at least 4 members (excludes halogenated alkanes) is 1. The zero-order valence-corrected chi connectivity index (χ0v) is 9.78. The third-order valence-corrected chi connectivity index (χ3v) is 2.72. The van der Waals surface area contributed by atoms with Crippen LogP contribution in [0.25, 0.3) is 0 Å². The summed E-state index contributed by atoms with van der Waals surface area (Å²) >= 11 is 0. The van der Waals surface area contributed by atoms with Gasteiger partial charge in [-0.05, 0) is 25.3 Å². The first kappa shape index (κ1) is 14.0. The summed E-state index contributed by atoms with van der Waals surface area (Å²) in [5, 5.41) is 5.65.